The highest BCUT2D eigenvalue weighted by Gasteiger charge is 2.22. The Balaban J connectivity index is 1.77. The molecule has 0 aliphatic carbocycles. The number of hydrogen-bond acceptors (Lipinski definition) is 4. The van der Waals surface area contributed by atoms with Gasteiger partial charge in [-0.15, -0.1) is 0 Å². The summed E-state index contributed by atoms with van der Waals surface area (Å²) < 4.78 is 16.4. The number of carbonyl (C=O) groups excluding carboxylic acids is 1. The molecule has 0 atom stereocenters. The molecule has 0 fully saturated rings. The van der Waals surface area contributed by atoms with E-state index in [0.29, 0.717) is 30.3 Å². The van der Waals surface area contributed by atoms with E-state index < -0.39 is 0 Å². The van der Waals surface area contributed by atoms with E-state index in [1.807, 2.05) is 54.3 Å². The Bertz CT molecular complexity index is 921. The standard InChI is InChI=1S/C24H27NO4/c1-17-7-5-6-8-18(17)9-10-23(26)25-13-11-19(12-14-25)24-21(28-3)15-20(27-2)16-22(24)29-4/h5-11,15-16H,12-14H2,1-4H3. The van der Waals surface area contributed by atoms with Crippen molar-refractivity contribution in [3.8, 4) is 17.2 Å². The third-order valence-electron chi connectivity index (χ3n) is 5.15. The van der Waals surface area contributed by atoms with E-state index >= 15 is 0 Å². The predicted octanol–water partition coefficient (Wildman–Crippen LogP) is 4.35. The van der Waals surface area contributed by atoms with Gasteiger partial charge in [0.15, 0.2) is 0 Å². The Morgan fingerprint density at radius 1 is 1.03 bits per heavy atom. The number of ether oxygens (including phenoxy) is 3. The molecule has 5 heteroatoms. The van der Waals surface area contributed by atoms with Crippen LogP contribution >= 0.6 is 0 Å². The number of aryl methyl sites for hydroxylation is 1. The van der Waals surface area contributed by atoms with Crippen LogP contribution < -0.4 is 14.2 Å². The monoisotopic (exact) mass is 393 g/mol. The van der Waals surface area contributed by atoms with Gasteiger partial charge < -0.3 is 19.1 Å². The number of benzene rings is 2. The molecule has 5 nitrogen and oxygen atoms in total. The van der Waals surface area contributed by atoms with Crippen LogP contribution in [-0.2, 0) is 4.79 Å². The molecule has 152 valence electrons. The van der Waals surface area contributed by atoms with Crippen LogP contribution in [0.2, 0.25) is 0 Å². The van der Waals surface area contributed by atoms with Crippen molar-refractivity contribution in [2.45, 2.75) is 13.3 Å². The quantitative estimate of drug-likeness (QED) is 0.685. The molecule has 1 amide bonds. The summed E-state index contributed by atoms with van der Waals surface area (Å²) in [4.78, 5) is 14.4. The molecule has 0 spiro atoms. The molecule has 0 N–H and O–H groups in total. The summed E-state index contributed by atoms with van der Waals surface area (Å²) in [5.41, 5.74) is 4.23. The topological polar surface area (TPSA) is 48.0 Å². The molecular weight excluding hydrogens is 366 g/mol. The second kappa shape index (κ2) is 9.32. The highest BCUT2D eigenvalue weighted by atomic mass is 16.5. The molecule has 29 heavy (non-hydrogen) atoms. The summed E-state index contributed by atoms with van der Waals surface area (Å²) in [5, 5.41) is 0. The molecule has 0 unspecified atom stereocenters. The summed E-state index contributed by atoms with van der Waals surface area (Å²) in [6.45, 7) is 3.22. The lowest BCUT2D eigenvalue weighted by Gasteiger charge is -2.27. The van der Waals surface area contributed by atoms with Gasteiger partial charge >= 0.3 is 0 Å². The van der Waals surface area contributed by atoms with Crippen LogP contribution in [0.4, 0.5) is 0 Å². The molecule has 2 aromatic carbocycles. The van der Waals surface area contributed by atoms with Crippen LogP contribution in [0.5, 0.6) is 17.2 Å². The second-order valence-electron chi connectivity index (χ2n) is 6.86. The first kappa shape index (κ1) is 20.5. The van der Waals surface area contributed by atoms with Gasteiger partial charge in [-0.3, -0.25) is 4.79 Å². The molecule has 1 heterocycles. The maximum atomic E-state index is 12.6. The summed E-state index contributed by atoms with van der Waals surface area (Å²) in [7, 11) is 4.88. The highest BCUT2D eigenvalue weighted by Crippen LogP contribution is 2.40. The number of nitrogens with zero attached hydrogens (tertiary/aromatic N) is 1. The normalized spacial score (nSPS) is 13.9. The van der Waals surface area contributed by atoms with Gasteiger partial charge in [-0.2, -0.15) is 0 Å². The van der Waals surface area contributed by atoms with E-state index in [4.69, 9.17) is 14.2 Å². The minimum atomic E-state index is 0.0113. The molecule has 0 aromatic heterocycles. The van der Waals surface area contributed by atoms with E-state index in [0.717, 1.165) is 28.7 Å². The van der Waals surface area contributed by atoms with Crippen LogP contribution in [0.3, 0.4) is 0 Å². The van der Waals surface area contributed by atoms with Crippen LogP contribution in [0.25, 0.3) is 11.6 Å². The Hall–Kier alpha value is -3.21. The van der Waals surface area contributed by atoms with Crippen molar-refractivity contribution < 1.29 is 19.0 Å². The SMILES string of the molecule is COc1cc(OC)c(C2=CCN(C(=O)C=Cc3ccccc3C)CC2)c(OC)c1. The Kier molecular flexibility index (Phi) is 6.60. The van der Waals surface area contributed by atoms with Crippen molar-refractivity contribution in [1.29, 1.82) is 0 Å². The van der Waals surface area contributed by atoms with Gasteiger partial charge in [-0.25, -0.2) is 0 Å². The van der Waals surface area contributed by atoms with Crippen molar-refractivity contribution in [3.05, 3.63) is 65.2 Å². The number of rotatable bonds is 6. The largest absolute Gasteiger partial charge is 0.496 e. The molecule has 0 saturated heterocycles. The van der Waals surface area contributed by atoms with Gasteiger partial charge in [-0.05, 0) is 36.1 Å². The van der Waals surface area contributed by atoms with E-state index in [1.54, 1.807) is 27.4 Å². The number of carbonyl (C=O) groups is 1. The van der Waals surface area contributed by atoms with Gasteiger partial charge in [0, 0.05) is 31.3 Å². The van der Waals surface area contributed by atoms with Gasteiger partial charge in [0.05, 0.1) is 26.9 Å². The molecule has 3 rings (SSSR count). The summed E-state index contributed by atoms with van der Waals surface area (Å²) in [6, 6.07) is 11.7. The Morgan fingerprint density at radius 3 is 2.28 bits per heavy atom. The number of methoxy groups -OCH3 is 3. The summed E-state index contributed by atoms with van der Waals surface area (Å²) in [5.74, 6) is 2.09. The zero-order valence-corrected chi connectivity index (χ0v) is 17.4. The smallest absolute Gasteiger partial charge is 0.246 e. The minimum Gasteiger partial charge on any atom is -0.496 e. The summed E-state index contributed by atoms with van der Waals surface area (Å²) in [6.07, 6.45) is 6.32. The van der Waals surface area contributed by atoms with Crippen molar-refractivity contribution >= 4 is 17.6 Å². The van der Waals surface area contributed by atoms with E-state index in [1.165, 1.54) is 0 Å². The lowest BCUT2D eigenvalue weighted by Crippen LogP contribution is -2.33. The third-order valence-corrected chi connectivity index (χ3v) is 5.15. The molecule has 0 saturated carbocycles. The van der Waals surface area contributed by atoms with Crippen molar-refractivity contribution in [2.75, 3.05) is 34.4 Å². The zero-order valence-electron chi connectivity index (χ0n) is 17.4. The van der Waals surface area contributed by atoms with Crippen LogP contribution in [0.15, 0.2) is 48.6 Å². The van der Waals surface area contributed by atoms with E-state index in [9.17, 15) is 4.79 Å². The molecule has 2 aromatic rings. The lowest BCUT2D eigenvalue weighted by atomic mass is 9.97. The first-order valence-electron chi connectivity index (χ1n) is 9.59. The molecular formula is C24H27NO4. The van der Waals surface area contributed by atoms with E-state index in [-0.39, 0.29) is 5.91 Å². The molecule has 1 aliphatic rings. The lowest BCUT2D eigenvalue weighted by molar-refractivity contribution is -0.125. The fraction of sp³-hybridized carbons (Fsp3) is 0.292. The minimum absolute atomic E-state index is 0.0113. The fourth-order valence-corrected chi connectivity index (χ4v) is 3.46. The average molecular weight is 393 g/mol. The van der Waals surface area contributed by atoms with Crippen molar-refractivity contribution in [3.63, 3.8) is 0 Å². The second-order valence-corrected chi connectivity index (χ2v) is 6.86. The maximum absolute atomic E-state index is 12.6. The van der Waals surface area contributed by atoms with Gasteiger partial charge in [0.2, 0.25) is 5.91 Å². The molecule has 0 radical (unpaired) electrons. The van der Waals surface area contributed by atoms with Crippen LogP contribution in [-0.4, -0.2) is 45.2 Å². The Labute approximate surface area is 172 Å². The molecule has 1 aliphatic heterocycles. The van der Waals surface area contributed by atoms with Gasteiger partial charge in [-0.1, -0.05) is 30.3 Å². The first-order chi connectivity index (χ1) is 14.1. The average Bonchev–Trinajstić information content (AvgIpc) is 2.77. The number of amides is 1. The van der Waals surface area contributed by atoms with Crippen LogP contribution in [0, 0.1) is 6.92 Å². The van der Waals surface area contributed by atoms with E-state index in [2.05, 4.69) is 6.08 Å². The van der Waals surface area contributed by atoms with Crippen molar-refractivity contribution in [1.82, 2.24) is 4.90 Å². The van der Waals surface area contributed by atoms with Gasteiger partial charge in [0.25, 0.3) is 0 Å². The number of hydrogen-bond donors (Lipinski definition) is 0. The van der Waals surface area contributed by atoms with Crippen LogP contribution in [0.1, 0.15) is 23.1 Å². The highest BCUT2D eigenvalue weighted by molar-refractivity contribution is 5.92. The van der Waals surface area contributed by atoms with Gasteiger partial charge in [0.1, 0.15) is 17.2 Å². The zero-order chi connectivity index (χ0) is 20.8. The fourth-order valence-electron chi connectivity index (χ4n) is 3.46. The third kappa shape index (κ3) is 4.62. The predicted molar refractivity (Wildman–Crippen MR) is 115 cm³/mol. The molecule has 0 bridgehead atoms. The summed E-state index contributed by atoms with van der Waals surface area (Å²) >= 11 is 0. The Morgan fingerprint density at radius 2 is 1.72 bits per heavy atom. The maximum Gasteiger partial charge on any atom is 0.246 e. The first-order valence-corrected chi connectivity index (χ1v) is 9.59. The van der Waals surface area contributed by atoms with Crippen molar-refractivity contribution in [2.24, 2.45) is 0 Å².